The summed E-state index contributed by atoms with van der Waals surface area (Å²) in [6.45, 7) is 6.25. The van der Waals surface area contributed by atoms with Crippen molar-refractivity contribution in [2.45, 2.75) is 77.7 Å². The van der Waals surface area contributed by atoms with E-state index in [2.05, 4.69) is 43.1 Å². The number of carbonyl (C=O) groups is 2. The Kier molecular flexibility index (Phi) is 5.62. The van der Waals surface area contributed by atoms with E-state index in [1.165, 1.54) is 11.1 Å². The number of aryl methyl sites for hydroxylation is 1. The number of hydrogen-bond donors (Lipinski definition) is 1. The largest absolute Gasteiger partial charge is 0.458 e. The molecule has 0 unspecified atom stereocenters. The van der Waals surface area contributed by atoms with Crippen LogP contribution in [0.25, 0.3) is 0 Å². The minimum absolute atomic E-state index is 0.000965. The number of H-pyrrole nitrogens is 1. The molecular weight excluding hydrogens is 362 g/mol. The molecule has 0 spiro atoms. The SMILES string of the molecule is CCc1ccc([C@H]2CC(=O)c3c([nH]c(C(=O)OC4CCC(C)CC4)c3C)C2)cc1. The van der Waals surface area contributed by atoms with Crippen LogP contribution in [0, 0.1) is 12.8 Å². The second-order valence-electron chi connectivity index (χ2n) is 8.89. The Bertz CT molecular complexity index is 901. The molecule has 0 saturated heterocycles. The monoisotopic (exact) mass is 393 g/mol. The highest BCUT2D eigenvalue weighted by atomic mass is 16.5. The lowest BCUT2D eigenvalue weighted by molar-refractivity contribution is 0.0167. The van der Waals surface area contributed by atoms with Gasteiger partial charge in [-0.1, -0.05) is 38.1 Å². The van der Waals surface area contributed by atoms with Crippen molar-refractivity contribution in [2.75, 3.05) is 0 Å². The third-order valence-electron chi connectivity index (χ3n) is 6.79. The normalized spacial score (nSPS) is 24.2. The molecule has 4 nitrogen and oxygen atoms in total. The summed E-state index contributed by atoms with van der Waals surface area (Å²) >= 11 is 0. The molecule has 0 bridgehead atoms. The van der Waals surface area contributed by atoms with Crippen LogP contribution in [0.3, 0.4) is 0 Å². The number of fused-ring (bicyclic) bond motifs is 1. The van der Waals surface area contributed by atoms with E-state index in [4.69, 9.17) is 4.74 Å². The summed E-state index contributed by atoms with van der Waals surface area (Å²) in [6.07, 6.45) is 6.33. The van der Waals surface area contributed by atoms with Crippen molar-refractivity contribution in [1.29, 1.82) is 0 Å². The fraction of sp³-hybridized carbons (Fsp3) is 0.520. The zero-order valence-electron chi connectivity index (χ0n) is 17.7. The number of ketones is 1. The van der Waals surface area contributed by atoms with E-state index < -0.39 is 0 Å². The summed E-state index contributed by atoms with van der Waals surface area (Å²) < 4.78 is 5.78. The van der Waals surface area contributed by atoms with Crippen LogP contribution in [0.2, 0.25) is 0 Å². The van der Waals surface area contributed by atoms with Gasteiger partial charge in [0.05, 0.1) is 0 Å². The van der Waals surface area contributed by atoms with E-state index in [0.29, 0.717) is 23.6 Å². The molecular formula is C25H31NO3. The molecule has 2 aromatic rings. The molecule has 1 aromatic carbocycles. The Balaban J connectivity index is 1.52. The van der Waals surface area contributed by atoms with E-state index in [1.807, 2.05) is 6.92 Å². The van der Waals surface area contributed by atoms with Gasteiger partial charge in [-0.05, 0) is 74.0 Å². The van der Waals surface area contributed by atoms with Gasteiger partial charge < -0.3 is 9.72 Å². The lowest BCUT2D eigenvalue weighted by Crippen LogP contribution is -2.24. The van der Waals surface area contributed by atoms with Crippen molar-refractivity contribution >= 4 is 11.8 Å². The van der Waals surface area contributed by atoms with Gasteiger partial charge in [0.25, 0.3) is 0 Å². The van der Waals surface area contributed by atoms with Gasteiger partial charge in [-0.2, -0.15) is 0 Å². The Labute approximate surface area is 173 Å². The predicted octanol–water partition coefficient (Wildman–Crippen LogP) is 5.53. The molecule has 0 aliphatic heterocycles. The van der Waals surface area contributed by atoms with E-state index in [9.17, 15) is 9.59 Å². The first kappa shape index (κ1) is 19.9. The van der Waals surface area contributed by atoms with Gasteiger partial charge in [-0.3, -0.25) is 4.79 Å². The Morgan fingerprint density at radius 3 is 2.45 bits per heavy atom. The summed E-state index contributed by atoms with van der Waals surface area (Å²) in [5, 5.41) is 0. The maximum atomic E-state index is 12.9. The second-order valence-corrected chi connectivity index (χ2v) is 8.89. The molecule has 4 rings (SSSR count). The van der Waals surface area contributed by atoms with Crippen molar-refractivity contribution in [2.24, 2.45) is 5.92 Å². The van der Waals surface area contributed by atoms with Crippen LogP contribution in [0.1, 0.15) is 95.1 Å². The van der Waals surface area contributed by atoms with Gasteiger partial charge in [0, 0.05) is 17.7 Å². The minimum atomic E-state index is -0.312. The Morgan fingerprint density at radius 1 is 1.10 bits per heavy atom. The zero-order chi connectivity index (χ0) is 20.5. The zero-order valence-corrected chi connectivity index (χ0v) is 17.7. The number of aromatic amines is 1. The topological polar surface area (TPSA) is 59.2 Å². The van der Waals surface area contributed by atoms with Crippen molar-refractivity contribution in [1.82, 2.24) is 4.98 Å². The predicted molar refractivity (Wildman–Crippen MR) is 114 cm³/mol. The summed E-state index contributed by atoms with van der Waals surface area (Å²) in [5.41, 5.74) is 5.29. The highest BCUT2D eigenvalue weighted by Gasteiger charge is 2.33. The summed E-state index contributed by atoms with van der Waals surface area (Å²) in [6, 6.07) is 8.56. The maximum Gasteiger partial charge on any atom is 0.355 e. The highest BCUT2D eigenvalue weighted by molar-refractivity contribution is 6.03. The molecule has 0 amide bonds. The van der Waals surface area contributed by atoms with Gasteiger partial charge in [-0.25, -0.2) is 4.79 Å². The Hall–Kier alpha value is -2.36. The van der Waals surface area contributed by atoms with Crippen LogP contribution in [-0.2, 0) is 17.6 Å². The van der Waals surface area contributed by atoms with Gasteiger partial charge in [0.15, 0.2) is 5.78 Å². The van der Waals surface area contributed by atoms with Crippen molar-refractivity contribution in [3.8, 4) is 0 Å². The van der Waals surface area contributed by atoms with Crippen molar-refractivity contribution in [3.63, 3.8) is 0 Å². The third kappa shape index (κ3) is 4.03. The molecule has 0 radical (unpaired) electrons. The number of nitrogens with one attached hydrogen (secondary N) is 1. The van der Waals surface area contributed by atoms with Gasteiger partial charge in [0.2, 0.25) is 0 Å². The number of rotatable bonds is 4. The quantitative estimate of drug-likeness (QED) is 0.695. The number of aromatic nitrogens is 1. The van der Waals surface area contributed by atoms with Crippen LogP contribution in [0.15, 0.2) is 24.3 Å². The standard InChI is InChI=1S/C25H31NO3/c1-4-17-7-9-18(10-8-17)19-13-21-23(22(27)14-19)16(3)24(26-21)25(28)29-20-11-5-15(2)6-12-20/h7-10,15,19-20,26H,4-6,11-14H2,1-3H3/t15?,19-,20?/m1/s1. The van der Waals surface area contributed by atoms with E-state index in [-0.39, 0.29) is 23.8 Å². The van der Waals surface area contributed by atoms with Gasteiger partial charge in [-0.15, -0.1) is 0 Å². The second kappa shape index (κ2) is 8.17. The number of esters is 1. The molecule has 4 heteroatoms. The fourth-order valence-electron chi connectivity index (χ4n) is 4.86. The molecule has 1 fully saturated rings. The first-order valence-corrected chi connectivity index (χ1v) is 11.0. The van der Waals surface area contributed by atoms with E-state index >= 15 is 0 Å². The smallest absolute Gasteiger partial charge is 0.355 e. The lowest BCUT2D eigenvalue weighted by Gasteiger charge is -2.25. The summed E-state index contributed by atoms with van der Waals surface area (Å²) in [4.78, 5) is 29.0. The van der Waals surface area contributed by atoms with Crippen molar-refractivity contribution < 1.29 is 14.3 Å². The van der Waals surface area contributed by atoms with E-state index in [1.54, 1.807) is 0 Å². The van der Waals surface area contributed by atoms with Crippen LogP contribution in [0.4, 0.5) is 0 Å². The van der Waals surface area contributed by atoms with Crippen molar-refractivity contribution in [3.05, 3.63) is 57.9 Å². The highest BCUT2D eigenvalue weighted by Crippen LogP contribution is 2.35. The number of Topliss-reactive ketones (excluding diaryl/α,β-unsaturated/α-hetero) is 1. The van der Waals surface area contributed by atoms with Crippen LogP contribution < -0.4 is 0 Å². The third-order valence-corrected chi connectivity index (χ3v) is 6.79. The Morgan fingerprint density at radius 2 is 1.79 bits per heavy atom. The molecule has 1 aromatic heterocycles. The molecule has 2 aliphatic rings. The minimum Gasteiger partial charge on any atom is -0.458 e. The molecule has 1 heterocycles. The average molecular weight is 394 g/mol. The maximum absolute atomic E-state index is 12.9. The first-order valence-electron chi connectivity index (χ1n) is 11.0. The lowest BCUT2D eigenvalue weighted by atomic mass is 9.81. The molecule has 29 heavy (non-hydrogen) atoms. The molecule has 1 saturated carbocycles. The fourth-order valence-corrected chi connectivity index (χ4v) is 4.86. The van der Waals surface area contributed by atoms with Crippen LogP contribution in [0.5, 0.6) is 0 Å². The number of carbonyl (C=O) groups excluding carboxylic acids is 2. The number of benzene rings is 1. The summed E-state index contributed by atoms with van der Waals surface area (Å²) in [7, 11) is 0. The average Bonchev–Trinajstić information content (AvgIpc) is 3.07. The first-order chi connectivity index (χ1) is 14.0. The van der Waals surface area contributed by atoms with Crippen LogP contribution >= 0.6 is 0 Å². The summed E-state index contributed by atoms with van der Waals surface area (Å²) in [5.74, 6) is 0.677. The van der Waals surface area contributed by atoms with Gasteiger partial charge >= 0.3 is 5.97 Å². The molecule has 154 valence electrons. The van der Waals surface area contributed by atoms with Crippen LogP contribution in [-0.4, -0.2) is 22.8 Å². The molecule has 1 N–H and O–H groups in total. The van der Waals surface area contributed by atoms with E-state index in [0.717, 1.165) is 49.8 Å². The number of hydrogen-bond acceptors (Lipinski definition) is 3. The number of ether oxygens (including phenoxy) is 1. The molecule has 1 atom stereocenters. The molecule has 2 aliphatic carbocycles. The van der Waals surface area contributed by atoms with Gasteiger partial charge in [0.1, 0.15) is 11.8 Å².